The summed E-state index contributed by atoms with van der Waals surface area (Å²) < 4.78 is 38.3. The van der Waals surface area contributed by atoms with Crippen molar-refractivity contribution in [2.24, 2.45) is 5.92 Å². The van der Waals surface area contributed by atoms with Gasteiger partial charge in [-0.25, -0.2) is 22.3 Å². The molecule has 0 aliphatic rings. The molecule has 19 heavy (non-hydrogen) atoms. The zero-order valence-electron chi connectivity index (χ0n) is 10.8. The maximum absolute atomic E-state index is 12.9. The molecule has 0 spiro atoms. The van der Waals surface area contributed by atoms with Crippen LogP contribution in [0.15, 0.2) is 29.2 Å². The fourth-order valence-corrected chi connectivity index (χ4v) is 2.29. The zero-order chi connectivity index (χ0) is 14.5. The molecule has 0 heterocycles. The van der Waals surface area contributed by atoms with Gasteiger partial charge < -0.3 is 5.32 Å². The molecule has 0 radical (unpaired) electrons. The van der Waals surface area contributed by atoms with Crippen molar-refractivity contribution >= 4 is 16.1 Å². The standard InChI is InChI=1S/C12H17FN2O3S/c1-9(2)6-7-14-12(16)15-19(17,18)11-5-3-4-10(13)8-11/h3-5,8-9H,6-7H2,1-2H3,(H2,14,15,16). The fourth-order valence-electron chi connectivity index (χ4n) is 1.33. The Bertz CT molecular complexity index is 544. The third kappa shape index (κ3) is 5.25. The van der Waals surface area contributed by atoms with Crippen LogP contribution in [0.1, 0.15) is 20.3 Å². The number of rotatable bonds is 5. The summed E-state index contributed by atoms with van der Waals surface area (Å²) in [7, 11) is -4.03. The van der Waals surface area contributed by atoms with E-state index in [1.54, 1.807) is 0 Å². The Balaban J connectivity index is 2.62. The first-order valence-corrected chi connectivity index (χ1v) is 7.36. The first-order valence-electron chi connectivity index (χ1n) is 5.87. The van der Waals surface area contributed by atoms with Crippen molar-refractivity contribution in [3.63, 3.8) is 0 Å². The molecule has 0 aromatic heterocycles. The highest BCUT2D eigenvalue weighted by atomic mass is 32.2. The van der Waals surface area contributed by atoms with Gasteiger partial charge in [-0.05, 0) is 30.5 Å². The monoisotopic (exact) mass is 288 g/mol. The maximum atomic E-state index is 12.9. The minimum atomic E-state index is -4.03. The summed E-state index contributed by atoms with van der Waals surface area (Å²) in [6, 6.07) is 3.64. The third-order valence-electron chi connectivity index (χ3n) is 2.34. The van der Waals surface area contributed by atoms with E-state index >= 15 is 0 Å². The molecule has 0 unspecified atom stereocenters. The number of amides is 2. The van der Waals surface area contributed by atoms with Gasteiger partial charge in [-0.3, -0.25) is 0 Å². The van der Waals surface area contributed by atoms with E-state index in [-0.39, 0.29) is 4.90 Å². The van der Waals surface area contributed by atoms with Crippen molar-refractivity contribution in [2.75, 3.05) is 6.54 Å². The van der Waals surface area contributed by atoms with Gasteiger partial charge in [0.05, 0.1) is 4.90 Å². The third-order valence-corrected chi connectivity index (χ3v) is 3.67. The maximum Gasteiger partial charge on any atom is 0.328 e. The number of halogens is 1. The Kier molecular flexibility index (Phi) is 5.29. The van der Waals surface area contributed by atoms with E-state index in [0.29, 0.717) is 12.5 Å². The average Bonchev–Trinajstić information content (AvgIpc) is 2.27. The van der Waals surface area contributed by atoms with Crippen molar-refractivity contribution in [3.8, 4) is 0 Å². The molecular formula is C12H17FN2O3S. The number of nitrogens with one attached hydrogen (secondary N) is 2. The molecule has 106 valence electrons. The molecule has 0 fully saturated rings. The van der Waals surface area contributed by atoms with Gasteiger partial charge in [0.25, 0.3) is 10.0 Å². The zero-order valence-corrected chi connectivity index (χ0v) is 11.6. The molecular weight excluding hydrogens is 271 g/mol. The smallest absolute Gasteiger partial charge is 0.328 e. The second-order valence-electron chi connectivity index (χ2n) is 4.50. The summed E-state index contributed by atoms with van der Waals surface area (Å²) in [6.45, 7) is 4.36. The summed E-state index contributed by atoms with van der Waals surface area (Å²) in [5, 5.41) is 2.43. The highest BCUT2D eigenvalue weighted by Crippen LogP contribution is 2.09. The highest BCUT2D eigenvalue weighted by molar-refractivity contribution is 7.90. The fraction of sp³-hybridized carbons (Fsp3) is 0.417. The highest BCUT2D eigenvalue weighted by Gasteiger charge is 2.17. The molecule has 5 nitrogen and oxygen atoms in total. The van der Waals surface area contributed by atoms with Crippen LogP contribution < -0.4 is 10.0 Å². The van der Waals surface area contributed by atoms with Crippen LogP contribution in [-0.2, 0) is 10.0 Å². The number of carbonyl (C=O) groups excluding carboxylic acids is 1. The second-order valence-corrected chi connectivity index (χ2v) is 6.18. The van der Waals surface area contributed by atoms with Crippen LogP contribution in [0.5, 0.6) is 0 Å². The van der Waals surface area contributed by atoms with Gasteiger partial charge in [0, 0.05) is 6.54 Å². The number of hydrogen-bond acceptors (Lipinski definition) is 3. The average molecular weight is 288 g/mol. The number of hydrogen-bond donors (Lipinski definition) is 2. The second kappa shape index (κ2) is 6.51. The van der Waals surface area contributed by atoms with Gasteiger partial charge in [0.15, 0.2) is 0 Å². The van der Waals surface area contributed by atoms with E-state index in [0.717, 1.165) is 18.6 Å². The summed E-state index contributed by atoms with van der Waals surface area (Å²) in [5.41, 5.74) is 0. The SMILES string of the molecule is CC(C)CCNC(=O)NS(=O)(=O)c1cccc(F)c1. The lowest BCUT2D eigenvalue weighted by atomic mass is 10.1. The van der Waals surface area contributed by atoms with Crippen LogP contribution in [-0.4, -0.2) is 21.0 Å². The van der Waals surface area contributed by atoms with Crippen LogP contribution in [0.2, 0.25) is 0 Å². The molecule has 0 aliphatic carbocycles. The van der Waals surface area contributed by atoms with Gasteiger partial charge >= 0.3 is 6.03 Å². The number of benzene rings is 1. The molecule has 7 heteroatoms. The van der Waals surface area contributed by atoms with Crippen LogP contribution >= 0.6 is 0 Å². The van der Waals surface area contributed by atoms with E-state index in [9.17, 15) is 17.6 Å². The Morgan fingerprint density at radius 2 is 2.05 bits per heavy atom. The Labute approximate surface area is 112 Å². The molecule has 0 saturated carbocycles. The van der Waals surface area contributed by atoms with E-state index in [1.165, 1.54) is 12.1 Å². The quantitative estimate of drug-likeness (QED) is 0.868. The number of sulfonamides is 1. The lowest BCUT2D eigenvalue weighted by Crippen LogP contribution is -2.40. The molecule has 2 amide bonds. The Hall–Kier alpha value is -1.63. The summed E-state index contributed by atoms with van der Waals surface area (Å²) >= 11 is 0. The molecule has 1 aromatic carbocycles. The topological polar surface area (TPSA) is 75.3 Å². The lowest BCUT2D eigenvalue weighted by Gasteiger charge is -2.09. The molecule has 1 rings (SSSR count). The summed E-state index contributed by atoms with van der Waals surface area (Å²) in [4.78, 5) is 11.1. The number of urea groups is 1. The van der Waals surface area contributed by atoms with Crippen molar-refractivity contribution in [3.05, 3.63) is 30.1 Å². The van der Waals surface area contributed by atoms with E-state index in [1.807, 2.05) is 18.6 Å². The minimum absolute atomic E-state index is 0.286. The normalized spacial score (nSPS) is 11.4. The van der Waals surface area contributed by atoms with Gasteiger partial charge in [-0.2, -0.15) is 0 Å². The van der Waals surface area contributed by atoms with Crippen molar-refractivity contribution in [1.82, 2.24) is 10.0 Å². The summed E-state index contributed by atoms with van der Waals surface area (Å²) in [5.74, 6) is -0.275. The van der Waals surface area contributed by atoms with Crippen LogP contribution in [0.4, 0.5) is 9.18 Å². The van der Waals surface area contributed by atoms with Crippen molar-refractivity contribution < 1.29 is 17.6 Å². The summed E-state index contributed by atoms with van der Waals surface area (Å²) in [6.07, 6.45) is 0.743. The predicted octanol–water partition coefficient (Wildman–Crippen LogP) is 1.86. The van der Waals surface area contributed by atoms with Crippen molar-refractivity contribution in [1.29, 1.82) is 0 Å². The van der Waals surface area contributed by atoms with Crippen LogP contribution in [0.25, 0.3) is 0 Å². The van der Waals surface area contributed by atoms with Crippen LogP contribution in [0, 0.1) is 11.7 Å². The molecule has 0 saturated heterocycles. The molecule has 1 aromatic rings. The van der Waals surface area contributed by atoms with E-state index in [2.05, 4.69) is 5.32 Å². The Morgan fingerprint density at radius 1 is 1.37 bits per heavy atom. The van der Waals surface area contributed by atoms with Crippen molar-refractivity contribution in [2.45, 2.75) is 25.2 Å². The Morgan fingerprint density at radius 3 is 2.63 bits per heavy atom. The van der Waals surface area contributed by atoms with Gasteiger partial charge in [0.2, 0.25) is 0 Å². The molecule has 0 aliphatic heterocycles. The van der Waals surface area contributed by atoms with Gasteiger partial charge in [0.1, 0.15) is 5.82 Å². The van der Waals surface area contributed by atoms with Gasteiger partial charge in [-0.15, -0.1) is 0 Å². The predicted molar refractivity (Wildman–Crippen MR) is 69.6 cm³/mol. The first kappa shape index (κ1) is 15.4. The molecule has 0 bridgehead atoms. The minimum Gasteiger partial charge on any atom is -0.337 e. The van der Waals surface area contributed by atoms with Crippen LogP contribution in [0.3, 0.4) is 0 Å². The lowest BCUT2D eigenvalue weighted by molar-refractivity contribution is 0.245. The largest absolute Gasteiger partial charge is 0.337 e. The number of carbonyl (C=O) groups is 1. The molecule has 2 N–H and O–H groups in total. The van der Waals surface area contributed by atoms with E-state index < -0.39 is 21.9 Å². The molecule has 0 atom stereocenters. The van der Waals surface area contributed by atoms with Gasteiger partial charge in [-0.1, -0.05) is 19.9 Å². The van der Waals surface area contributed by atoms with E-state index in [4.69, 9.17) is 0 Å². The first-order chi connectivity index (χ1) is 8.81.